The van der Waals surface area contributed by atoms with Crippen molar-refractivity contribution in [2.45, 2.75) is 6.54 Å². The third-order valence-electron chi connectivity index (χ3n) is 6.28. The molecule has 33 heavy (non-hydrogen) atoms. The highest BCUT2D eigenvalue weighted by molar-refractivity contribution is 5.97. The summed E-state index contributed by atoms with van der Waals surface area (Å²) >= 11 is 0. The number of carbonyl (C=O) groups excluding carboxylic acids is 2. The van der Waals surface area contributed by atoms with Crippen molar-refractivity contribution in [3.05, 3.63) is 59.9 Å². The highest BCUT2D eigenvalue weighted by atomic mass is 16.5. The zero-order valence-electron chi connectivity index (χ0n) is 18.6. The minimum atomic E-state index is -0.0551. The number of morpholine rings is 1. The van der Waals surface area contributed by atoms with Crippen molar-refractivity contribution in [1.82, 2.24) is 29.5 Å². The highest BCUT2D eigenvalue weighted by Crippen LogP contribution is 2.17. The van der Waals surface area contributed by atoms with Gasteiger partial charge in [-0.05, 0) is 11.6 Å². The molecule has 2 amide bonds. The Balaban J connectivity index is 1.19. The normalized spacial score (nSPS) is 17.5. The van der Waals surface area contributed by atoms with Gasteiger partial charge < -0.3 is 14.5 Å². The Hall–Kier alpha value is -3.30. The van der Waals surface area contributed by atoms with E-state index in [9.17, 15) is 9.59 Å². The van der Waals surface area contributed by atoms with Gasteiger partial charge >= 0.3 is 0 Å². The van der Waals surface area contributed by atoms with Gasteiger partial charge in [0, 0.05) is 50.9 Å². The van der Waals surface area contributed by atoms with E-state index < -0.39 is 0 Å². The van der Waals surface area contributed by atoms with Crippen molar-refractivity contribution in [2.75, 3.05) is 59.0 Å². The van der Waals surface area contributed by atoms with Crippen LogP contribution >= 0.6 is 0 Å². The van der Waals surface area contributed by atoms with Crippen molar-refractivity contribution in [1.29, 1.82) is 0 Å². The Morgan fingerprint density at radius 3 is 2.39 bits per heavy atom. The second-order valence-corrected chi connectivity index (χ2v) is 8.49. The van der Waals surface area contributed by atoms with Crippen molar-refractivity contribution >= 4 is 22.8 Å². The van der Waals surface area contributed by atoms with Crippen LogP contribution in [0.3, 0.4) is 0 Å². The molecule has 0 unspecified atom stereocenters. The van der Waals surface area contributed by atoms with Gasteiger partial charge in [0.2, 0.25) is 5.91 Å². The molecular weight excluding hydrogens is 420 g/mol. The number of ether oxygens (including phenoxy) is 1. The molecule has 2 aliphatic rings. The first-order chi connectivity index (χ1) is 16.2. The van der Waals surface area contributed by atoms with Crippen LogP contribution in [0.1, 0.15) is 15.9 Å². The van der Waals surface area contributed by atoms with E-state index in [-0.39, 0.29) is 11.8 Å². The summed E-state index contributed by atoms with van der Waals surface area (Å²) < 4.78 is 7.19. The van der Waals surface area contributed by atoms with Crippen LogP contribution in [0, 0.1) is 0 Å². The molecule has 2 aliphatic heterocycles. The number of carbonyl (C=O) groups is 2. The molecule has 0 spiro atoms. The first-order valence-electron chi connectivity index (χ1n) is 11.4. The lowest BCUT2D eigenvalue weighted by Gasteiger charge is -2.36. The molecule has 1 aromatic carbocycles. The first kappa shape index (κ1) is 21.5. The van der Waals surface area contributed by atoms with E-state index in [2.05, 4.69) is 27.1 Å². The number of amides is 2. The first-order valence-corrected chi connectivity index (χ1v) is 11.4. The standard InChI is InChI=1S/C24H28N6O3/c31-22(18-27-10-12-33-13-11-27)28-6-8-29(9-7-28)24(32)21-14-20-16-26-30(23(20)25-15-21)17-19-4-2-1-3-5-19/h1-5,14-16H,6-13,17-18H2. The maximum atomic E-state index is 13.1. The Kier molecular flexibility index (Phi) is 6.32. The summed E-state index contributed by atoms with van der Waals surface area (Å²) in [7, 11) is 0. The zero-order valence-corrected chi connectivity index (χ0v) is 18.6. The number of pyridine rings is 1. The monoisotopic (exact) mass is 448 g/mol. The Morgan fingerprint density at radius 1 is 0.909 bits per heavy atom. The predicted octanol–water partition coefficient (Wildman–Crippen LogP) is 1.10. The van der Waals surface area contributed by atoms with E-state index in [1.807, 2.05) is 33.8 Å². The summed E-state index contributed by atoms with van der Waals surface area (Å²) in [5.74, 6) is 0.0680. The molecule has 0 N–H and O–H groups in total. The molecule has 172 valence electrons. The molecule has 4 heterocycles. The highest BCUT2D eigenvalue weighted by Gasteiger charge is 2.26. The molecule has 2 aromatic heterocycles. The molecular formula is C24H28N6O3. The van der Waals surface area contributed by atoms with Gasteiger partial charge in [-0.2, -0.15) is 5.10 Å². The zero-order chi connectivity index (χ0) is 22.6. The van der Waals surface area contributed by atoms with Crippen LogP contribution in [-0.4, -0.2) is 100 Å². The fourth-order valence-corrected chi connectivity index (χ4v) is 4.35. The Labute approximate surface area is 192 Å². The van der Waals surface area contributed by atoms with Crippen LogP contribution in [0.2, 0.25) is 0 Å². The van der Waals surface area contributed by atoms with Gasteiger partial charge in [0.1, 0.15) is 0 Å². The van der Waals surface area contributed by atoms with Gasteiger partial charge in [-0.3, -0.25) is 14.5 Å². The van der Waals surface area contributed by atoms with E-state index in [1.165, 1.54) is 0 Å². The molecule has 3 aromatic rings. The maximum Gasteiger partial charge on any atom is 0.255 e. The average molecular weight is 449 g/mol. The maximum absolute atomic E-state index is 13.1. The Bertz CT molecular complexity index is 1120. The summed E-state index contributed by atoms with van der Waals surface area (Å²) in [5.41, 5.74) is 2.45. The van der Waals surface area contributed by atoms with Crippen LogP contribution in [0.15, 0.2) is 48.8 Å². The molecule has 2 saturated heterocycles. The molecule has 0 bridgehead atoms. The van der Waals surface area contributed by atoms with Crippen molar-refractivity contribution < 1.29 is 14.3 Å². The second-order valence-electron chi connectivity index (χ2n) is 8.49. The SMILES string of the molecule is O=C(CN1CCOCC1)N1CCN(C(=O)c2cnc3c(cnn3Cc3ccccc3)c2)CC1. The van der Waals surface area contributed by atoms with E-state index in [0.717, 1.165) is 29.7 Å². The van der Waals surface area contributed by atoms with Gasteiger partial charge in [-0.15, -0.1) is 0 Å². The number of nitrogens with zero attached hydrogens (tertiary/aromatic N) is 6. The second kappa shape index (κ2) is 9.68. The number of piperazine rings is 1. The smallest absolute Gasteiger partial charge is 0.255 e. The fourth-order valence-electron chi connectivity index (χ4n) is 4.35. The van der Waals surface area contributed by atoms with Crippen LogP contribution in [-0.2, 0) is 16.1 Å². The molecule has 5 rings (SSSR count). The van der Waals surface area contributed by atoms with Gasteiger partial charge in [0.05, 0.1) is 38.1 Å². The van der Waals surface area contributed by atoms with Gasteiger partial charge in [0.25, 0.3) is 5.91 Å². The molecule has 2 fully saturated rings. The third kappa shape index (κ3) is 4.89. The molecule has 0 aliphatic carbocycles. The number of hydrogen-bond donors (Lipinski definition) is 0. The van der Waals surface area contributed by atoms with Gasteiger partial charge in [-0.25, -0.2) is 9.67 Å². The van der Waals surface area contributed by atoms with Gasteiger partial charge in [0.15, 0.2) is 5.65 Å². The topological polar surface area (TPSA) is 83.8 Å². The number of benzene rings is 1. The lowest BCUT2D eigenvalue weighted by molar-refractivity contribution is -0.134. The quantitative estimate of drug-likeness (QED) is 0.581. The summed E-state index contributed by atoms with van der Waals surface area (Å²) in [6.07, 6.45) is 3.38. The molecule has 0 radical (unpaired) electrons. The molecule has 9 heteroatoms. The summed E-state index contributed by atoms with van der Waals surface area (Å²) in [6.45, 7) is 6.16. The molecule has 9 nitrogen and oxygen atoms in total. The minimum Gasteiger partial charge on any atom is -0.379 e. The Morgan fingerprint density at radius 2 is 1.64 bits per heavy atom. The molecule has 0 atom stereocenters. The number of rotatable bonds is 5. The van der Waals surface area contributed by atoms with Crippen molar-refractivity contribution in [3.8, 4) is 0 Å². The van der Waals surface area contributed by atoms with Crippen molar-refractivity contribution in [2.24, 2.45) is 0 Å². The summed E-state index contributed by atoms with van der Waals surface area (Å²) in [6, 6.07) is 12.0. The lowest BCUT2D eigenvalue weighted by Crippen LogP contribution is -2.53. The number of hydrogen-bond acceptors (Lipinski definition) is 6. The number of fused-ring (bicyclic) bond motifs is 1. The van der Waals surface area contributed by atoms with Crippen LogP contribution in [0.4, 0.5) is 0 Å². The van der Waals surface area contributed by atoms with E-state index >= 15 is 0 Å². The van der Waals surface area contributed by atoms with Gasteiger partial charge in [-0.1, -0.05) is 30.3 Å². The fraction of sp³-hybridized carbons (Fsp3) is 0.417. The largest absolute Gasteiger partial charge is 0.379 e. The summed E-state index contributed by atoms with van der Waals surface area (Å²) in [5, 5.41) is 5.30. The van der Waals surface area contributed by atoms with Crippen molar-refractivity contribution in [3.63, 3.8) is 0 Å². The third-order valence-corrected chi connectivity index (χ3v) is 6.28. The predicted molar refractivity (Wildman–Crippen MR) is 123 cm³/mol. The van der Waals surface area contributed by atoms with E-state index in [1.54, 1.807) is 17.3 Å². The molecule has 0 saturated carbocycles. The van der Waals surface area contributed by atoms with Crippen LogP contribution < -0.4 is 0 Å². The minimum absolute atomic E-state index is 0.0551. The van der Waals surface area contributed by atoms with E-state index in [0.29, 0.717) is 58.0 Å². The summed E-state index contributed by atoms with van der Waals surface area (Å²) in [4.78, 5) is 36.0. The van der Waals surface area contributed by atoms with Crippen LogP contribution in [0.5, 0.6) is 0 Å². The van der Waals surface area contributed by atoms with Crippen LogP contribution in [0.25, 0.3) is 11.0 Å². The lowest BCUT2D eigenvalue weighted by atomic mass is 10.2. The average Bonchev–Trinajstić information content (AvgIpc) is 3.27. The number of aromatic nitrogens is 3. The van der Waals surface area contributed by atoms with E-state index in [4.69, 9.17) is 4.74 Å².